The maximum absolute atomic E-state index is 13.7. The summed E-state index contributed by atoms with van der Waals surface area (Å²) >= 11 is 0. The van der Waals surface area contributed by atoms with Crippen molar-refractivity contribution in [3.05, 3.63) is 77.5 Å². The smallest absolute Gasteiger partial charge is 0.323 e. The van der Waals surface area contributed by atoms with E-state index in [1.807, 2.05) is 56.3 Å². The fourth-order valence-electron chi connectivity index (χ4n) is 5.38. The molecule has 46 heavy (non-hydrogen) atoms. The summed E-state index contributed by atoms with van der Waals surface area (Å²) in [6.45, 7) is 8.99. The Kier molecular flexibility index (Phi) is 10.9. The number of amides is 4. The number of pyridine rings is 1. The molecule has 4 rings (SSSR count). The highest BCUT2D eigenvalue weighted by Gasteiger charge is 2.39. The van der Waals surface area contributed by atoms with E-state index in [1.165, 1.54) is 7.05 Å². The molecule has 0 spiro atoms. The first-order chi connectivity index (χ1) is 21.8. The number of carbonyl (C=O) groups excluding carboxylic acids is 5. The normalized spacial score (nSPS) is 15.0. The maximum atomic E-state index is 13.7. The summed E-state index contributed by atoms with van der Waals surface area (Å²) < 4.78 is 5.69. The number of carbonyl (C=O) groups is 5. The fraction of sp³-hybridized carbons (Fsp3) is 0.429. The van der Waals surface area contributed by atoms with Crippen LogP contribution in [0.2, 0.25) is 0 Å². The molecule has 11 heteroatoms. The molecule has 0 saturated carbocycles. The minimum absolute atomic E-state index is 0.00926. The molecule has 11 nitrogen and oxygen atoms in total. The number of hydrogen-bond acceptors (Lipinski definition) is 8. The molecule has 244 valence electrons. The van der Waals surface area contributed by atoms with E-state index in [-0.39, 0.29) is 42.5 Å². The van der Waals surface area contributed by atoms with Gasteiger partial charge in [0.1, 0.15) is 23.4 Å². The SMILES string of the molecule is CNC(=O)[C@H](Cc1ccccc1)NC(=O)[C@H](CC(C)C)NC(CCN1C(=O)c2cc3ccccc3nc2C1=O)C(=O)OC(C)(C)C. The highest BCUT2D eigenvalue weighted by Crippen LogP contribution is 2.26. The van der Waals surface area contributed by atoms with Crippen molar-refractivity contribution < 1.29 is 28.7 Å². The number of imide groups is 1. The lowest BCUT2D eigenvalue weighted by Crippen LogP contribution is -2.57. The predicted octanol–water partition coefficient (Wildman–Crippen LogP) is 3.41. The lowest BCUT2D eigenvalue weighted by Gasteiger charge is -2.30. The summed E-state index contributed by atoms with van der Waals surface area (Å²) in [5.74, 6) is -2.42. The Morgan fingerprint density at radius 2 is 1.57 bits per heavy atom. The lowest BCUT2D eigenvalue weighted by atomic mass is 9.99. The molecule has 1 unspecified atom stereocenters. The van der Waals surface area contributed by atoms with Crippen molar-refractivity contribution in [2.75, 3.05) is 13.6 Å². The zero-order valence-corrected chi connectivity index (χ0v) is 27.3. The van der Waals surface area contributed by atoms with Gasteiger partial charge < -0.3 is 15.4 Å². The van der Waals surface area contributed by atoms with E-state index in [1.54, 1.807) is 39.0 Å². The number of rotatable bonds is 13. The second-order valence-corrected chi connectivity index (χ2v) is 12.9. The Balaban J connectivity index is 1.55. The van der Waals surface area contributed by atoms with E-state index < -0.39 is 47.4 Å². The summed E-state index contributed by atoms with van der Waals surface area (Å²) in [5, 5.41) is 9.36. The van der Waals surface area contributed by atoms with Crippen molar-refractivity contribution in [2.45, 2.75) is 77.6 Å². The molecule has 3 N–H and O–H groups in total. The molecule has 0 fully saturated rings. The lowest BCUT2D eigenvalue weighted by molar-refractivity contribution is -0.158. The van der Waals surface area contributed by atoms with Crippen molar-refractivity contribution in [2.24, 2.45) is 5.92 Å². The Labute approximate surface area is 269 Å². The van der Waals surface area contributed by atoms with Crippen LogP contribution in [0.1, 0.15) is 73.9 Å². The van der Waals surface area contributed by atoms with Gasteiger partial charge in [-0.3, -0.25) is 34.2 Å². The number of esters is 1. The Bertz CT molecular complexity index is 1550. The van der Waals surface area contributed by atoms with Gasteiger partial charge in [0.05, 0.1) is 17.1 Å². The van der Waals surface area contributed by atoms with Gasteiger partial charge in [-0.2, -0.15) is 0 Å². The molecule has 2 aromatic carbocycles. The number of para-hydroxylation sites is 1. The number of nitrogens with zero attached hydrogens (tertiary/aromatic N) is 2. The van der Waals surface area contributed by atoms with Gasteiger partial charge in [-0.05, 0) is 57.2 Å². The van der Waals surface area contributed by atoms with E-state index in [0.29, 0.717) is 11.9 Å². The molecule has 0 aliphatic carbocycles. The van der Waals surface area contributed by atoms with Crippen LogP contribution >= 0.6 is 0 Å². The number of benzene rings is 2. The Hall–Kier alpha value is -4.64. The van der Waals surface area contributed by atoms with Crippen LogP contribution in [0.5, 0.6) is 0 Å². The van der Waals surface area contributed by atoms with Gasteiger partial charge in [-0.1, -0.05) is 62.4 Å². The molecular formula is C35H43N5O6. The Morgan fingerprint density at radius 1 is 0.891 bits per heavy atom. The minimum Gasteiger partial charge on any atom is -0.459 e. The second kappa shape index (κ2) is 14.6. The standard InChI is InChI=1S/C35H43N5O6/c1-21(2)18-27(31(42)39-28(30(41)36-6)19-22-12-8-7-9-13-22)37-26(34(45)46-35(3,4)5)16-17-40-32(43)24-20-23-14-10-11-15-25(23)38-29(24)33(40)44/h7-15,20-21,26-28,37H,16-19H2,1-6H3,(H,36,41)(H,39,42)/t26?,27-,28-/m0/s1. The molecule has 0 saturated heterocycles. The molecule has 1 aromatic heterocycles. The molecular weight excluding hydrogens is 586 g/mol. The molecule has 1 aliphatic heterocycles. The average Bonchev–Trinajstić information content (AvgIpc) is 3.23. The van der Waals surface area contributed by atoms with Crippen LogP contribution < -0.4 is 16.0 Å². The van der Waals surface area contributed by atoms with E-state index in [4.69, 9.17) is 4.74 Å². The minimum atomic E-state index is -1.04. The molecule has 1 aliphatic rings. The van der Waals surface area contributed by atoms with Gasteiger partial charge in [0.2, 0.25) is 11.8 Å². The van der Waals surface area contributed by atoms with Crippen LogP contribution in [0.25, 0.3) is 10.9 Å². The first-order valence-corrected chi connectivity index (χ1v) is 15.6. The molecule has 4 amide bonds. The van der Waals surface area contributed by atoms with Gasteiger partial charge in [0.15, 0.2) is 0 Å². The van der Waals surface area contributed by atoms with Crippen LogP contribution in [0, 0.1) is 5.92 Å². The third kappa shape index (κ3) is 8.54. The van der Waals surface area contributed by atoms with Gasteiger partial charge in [0, 0.05) is 25.4 Å². The van der Waals surface area contributed by atoms with E-state index in [0.717, 1.165) is 15.8 Å². The average molecular weight is 630 g/mol. The number of nitrogens with one attached hydrogen (secondary N) is 3. The number of aromatic nitrogens is 1. The highest BCUT2D eigenvalue weighted by atomic mass is 16.6. The van der Waals surface area contributed by atoms with Crippen molar-refractivity contribution in [1.29, 1.82) is 0 Å². The van der Waals surface area contributed by atoms with Crippen LogP contribution in [0.15, 0.2) is 60.7 Å². The monoisotopic (exact) mass is 629 g/mol. The summed E-state index contributed by atoms with van der Waals surface area (Å²) in [7, 11) is 1.51. The molecule has 0 radical (unpaired) electrons. The van der Waals surface area contributed by atoms with E-state index in [9.17, 15) is 24.0 Å². The van der Waals surface area contributed by atoms with Crippen LogP contribution in [-0.4, -0.2) is 76.8 Å². The first-order valence-electron chi connectivity index (χ1n) is 15.6. The summed E-state index contributed by atoms with van der Waals surface area (Å²) in [4.78, 5) is 72.1. The van der Waals surface area contributed by atoms with Crippen LogP contribution in [0.4, 0.5) is 0 Å². The predicted molar refractivity (Wildman–Crippen MR) is 174 cm³/mol. The summed E-state index contributed by atoms with van der Waals surface area (Å²) in [6.07, 6.45) is 0.615. The van der Waals surface area contributed by atoms with Crippen LogP contribution in [-0.2, 0) is 25.5 Å². The zero-order chi connectivity index (χ0) is 33.6. The maximum Gasteiger partial charge on any atom is 0.323 e. The third-order valence-corrected chi connectivity index (χ3v) is 7.57. The first kappa shape index (κ1) is 34.2. The van der Waals surface area contributed by atoms with Crippen molar-refractivity contribution in [3.8, 4) is 0 Å². The topological polar surface area (TPSA) is 147 Å². The fourth-order valence-corrected chi connectivity index (χ4v) is 5.38. The summed E-state index contributed by atoms with van der Waals surface area (Å²) in [6, 6.07) is 15.5. The highest BCUT2D eigenvalue weighted by molar-refractivity contribution is 6.21. The molecule has 0 bridgehead atoms. The summed E-state index contributed by atoms with van der Waals surface area (Å²) in [5.41, 5.74) is 0.927. The third-order valence-electron chi connectivity index (χ3n) is 7.57. The quantitative estimate of drug-likeness (QED) is 0.193. The second-order valence-electron chi connectivity index (χ2n) is 12.9. The molecule has 2 heterocycles. The van der Waals surface area contributed by atoms with Crippen molar-refractivity contribution in [1.82, 2.24) is 25.8 Å². The number of ether oxygens (including phenoxy) is 1. The van der Waals surface area contributed by atoms with Gasteiger partial charge in [-0.25, -0.2) is 4.98 Å². The van der Waals surface area contributed by atoms with E-state index >= 15 is 0 Å². The zero-order valence-electron chi connectivity index (χ0n) is 27.3. The van der Waals surface area contributed by atoms with Crippen molar-refractivity contribution >= 4 is 40.5 Å². The van der Waals surface area contributed by atoms with Gasteiger partial charge in [0.25, 0.3) is 11.8 Å². The van der Waals surface area contributed by atoms with Crippen LogP contribution in [0.3, 0.4) is 0 Å². The Morgan fingerprint density at radius 3 is 2.22 bits per heavy atom. The van der Waals surface area contributed by atoms with Gasteiger partial charge >= 0.3 is 5.97 Å². The largest absolute Gasteiger partial charge is 0.459 e. The molecule has 3 aromatic rings. The number of fused-ring (bicyclic) bond motifs is 2. The van der Waals surface area contributed by atoms with Gasteiger partial charge in [-0.15, -0.1) is 0 Å². The number of likely N-dealkylation sites (N-methyl/N-ethyl adjacent to an activating group) is 1. The molecule has 3 atom stereocenters. The number of hydrogen-bond donors (Lipinski definition) is 3. The van der Waals surface area contributed by atoms with E-state index in [2.05, 4.69) is 20.9 Å². The van der Waals surface area contributed by atoms with Crippen molar-refractivity contribution in [3.63, 3.8) is 0 Å².